The molecule has 1 aliphatic carbocycles. The topological polar surface area (TPSA) is 33.7 Å². The van der Waals surface area contributed by atoms with Crippen molar-refractivity contribution in [2.24, 2.45) is 0 Å². The molecule has 0 bridgehead atoms. The van der Waals surface area contributed by atoms with Crippen molar-refractivity contribution in [3.05, 3.63) is 53.7 Å². The van der Waals surface area contributed by atoms with E-state index in [1.165, 1.54) is 48.3 Å². The Morgan fingerprint density at radius 3 is 2.78 bits per heavy atom. The van der Waals surface area contributed by atoms with Crippen LogP contribution in [0.5, 0.6) is 0 Å². The van der Waals surface area contributed by atoms with E-state index in [1.54, 1.807) is 6.26 Å². The van der Waals surface area contributed by atoms with Crippen LogP contribution in [0.4, 0.5) is 5.69 Å². The van der Waals surface area contributed by atoms with Crippen LogP contribution in [0.3, 0.4) is 0 Å². The van der Waals surface area contributed by atoms with Gasteiger partial charge >= 0.3 is 5.84 Å². The van der Waals surface area contributed by atoms with Crippen LogP contribution >= 0.6 is 0 Å². The van der Waals surface area contributed by atoms with Crippen molar-refractivity contribution < 1.29 is 4.42 Å². The summed E-state index contributed by atoms with van der Waals surface area (Å²) in [5.41, 5.74) is 5.26. The number of imidazole rings is 1. The molecule has 2 aromatic heterocycles. The van der Waals surface area contributed by atoms with Gasteiger partial charge in [-0.1, -0.05) is 31.0 Å². The second-order valence-corrected chi connectivity index (χ2v) is 6.97. The summed E-state index contributed by atoms with van der Waals surface area (Å²) in [6.45, 7) is 4.52. The zero-order valence-electron chi connectivity index (χ0n) is 13.6. The summed E-state index contributed by atoms with van der Waals surface area (Å²) in [4.78, 5) is 7.53. The van der Waals surface area contributed by atoms with Crippen LogP contribution in [0.1, 0.15) is 55.6 Å². The first-order chi connectivity index (χ1) is 11.2. The van der Waals surface area contributed by atoms with Crippen LogP contribution in [-0.2, 0) is 5.54 Å². The molecule has 1 fully saturated rings. The summed E-state index contributed by atoms with van der Waals surface area (Å²) < 4.78 is 7.70. The van der Waals surface area contributed by atoms with Crippen molar-refractivity contribution >= 4 is 11.5 Å². The highest BCUT2D eigenvalue weighted by molar-refractivity contribution is 5.63. The Bertz CT molecular complexity index is 885. The van der Waals surface area contributed by atoms with Crippen LogP contribution in [0.25, 0.3) is 5.84 Å². The van der Waals surface area contributed by atoms with Crippen molar-refractivity contribution in [1.82, 2.24) is 9.38 Å². The lowest BCUT2D eigenvalue weighted by Gasteiger charge is -2.40. The van der Waals surface area contributed by atoms with E-state index < -0.39 is 0 Å². The highest BCUT2D eigenvalue weighted by atomic mass is 16.3. The monoisotopic (exact) mass is 307 g/mol. The maximum atomic E-state index is 5.56. The molecule has 3 aromatic rings. The third-order valence-electron chi connectivity index (χ3n) is 5.79. The van der Waals surface area contributed by atoms with Crippen LogP contribution in [0.15, 0.2) is 41.1 Å². The van der Waals surface area contributed by atoms with Gasteiger partial charge in [-0.3, -0.25) is 4.40 Å². The summed E-state index contributed by atoms with van der Waals surface area (Å²) in [7, 11) is 0. The van der Waals surface area contributed by atoms with Crippen LogP contribution in [0, 0.1) is 6.92 Å². The molecule has 1 atom stereocenters. The van der Waals surface area contributed by atoms with Gasteiger partial charge in [-0.25, -0.2) is 0 Å². The molecular weight excluding hydrogens is 286 g/mol. The highest BCUT2D eigenvalue weighted by Crippen LogP contribution is 2.56. The molecule has 1 saturated carbocycles. The molecule has 23 heavy (non-hydrogen) atoms. The number of para-hydroxylation sites is 1. The molecule has 0 N–H and O–H groups in total. The predicted octanol–water partition coefficient (Wildman–Crippen LogP) is 4.59. The Morgan fingerprint density at radius 1 is 1.22 bits per heavy atom. The number of hydrogen-bond donors (Lipinski definition) is 0. The number of rotatable bonds is 1. The van der Waals surface area contributed by atoms with E-state index in [0.29, 0.717) is 6.04 Å². The largest absolute Gasteiger partial charge is 0.432 e. The minimum Gasteiger partial charge on any atom is -0.432 e. The quantitative estimate of drug-likeness (QED) is 0.659. The number of aryl methyl sites for hydroxylation is 1. The zero-order valence-corrected chi connectivity index (χ0v) is 13.6. The maximum absolute atomic E-state index is 5.56. The van der Waals surface area contributed by atoms with E-state index in [2.05, 4.69) is 47.4 Å². The van der Waals surface area contributed by atoms with Crippen LogP contribution in [0.2, 0.25) is 0 Å². The van der Waals surface area contributed by atoms with Gasteiger partial charge in [0.05, 0.1) is 23.0 Å². The Labute approximate surface area is 135 Å². The standard InChI is InChI=1S/C19H21N3O/c1-13-7-3-4-8-15(13)22-14(2)16-17(19(22)9-5-6-10-19)20-18-21(16)11-12-23-18/h3-4,7-8,11-12,14H,5-6,9-10H2,1-2H3. The molecule has 0 saturated heterocycles. The smallest absolute Gasteiger partial charge is 0.306 e. The molecule has 3 heterocycles. The SMILES string of the molecule is Cc1ccccc1N1C(C)c2c(nc3occn23)C12CCCC2. The lowest BCUT2D eigenvalue weighted by molar-refractivity contribution is 0.405. The number of benzene rings is 1. The average Bonchev–Trinajstić information content (AvgIpc) is 3.26. The van der Waals surface area contributed by atoms with Crippen LogP contribution < -0.4 is 4.90 Å². The lowest BCUT2D eigenvalue weighted by atomic mass is 9.92. The fourth-order valence-corrected chi connectivity index (χ4v) is 4.86. The van der Waals surface area contributed by atoms with E-state index >= 15 is 0 Å². The molecule has 1 aliphatic heterocycles. The van der Waals surface area contributed by atoms with Gasteiger partial charge in [0.15, 0.2) is 0 Å². The molecule has 1 aromatic carbocycles. The maximum Gasteiger partial charge on any atom is 0.306 e. The molecule has 1 unspecified atom stereocenters. The molecule has 0 amide bonds. The second-order valence-electron chi connectivity index (χ2n) is 6.97. The molecule has 0 radical (unpaired) electrons. The Kier molecular flexibility index (Phi) is 2.53. The Morgan fingerprint density at radius 2 is 2.00 bits per heavy atom. The lowest BCUT2D eigenvalue weighted by Crippen LogP contribution is -2.41. The summed E-state index contributed by atoms with van der Waals surface area (Å²) in [5, 5.41) is 0. The Balaban J connectivity index is 1.78. The summed E-state index contributed by atoms with van der Waals surface area (Å²) in [6, 6.07) is 9.04. The van der Waals surface area contributed by atoms with E-state index in [9.17, 15) is 0 Å². The molecule has 2 aliphatic rings. The van der Waals surface area contributed by atoms with Crippen molar-refractivity contribution in [1.29, 1.82) is 0 Å². The fourth-order valence-electron chi connectivity index (χ4n) is 4.86. The van der Waals surface area contributed by atoms with Gasteiger partial charge < -0.3 is 9.32 Å². The summed E-state index contributed by atoms with van der Waals surface area (Å²) in [5.74, 6) is 0.734. The van der Waals surface area contributed by atoms with Crippen molar-refractivity contribution in [3.63, 3.8) is 0 Å². The van der Waals surface area contributed by atoms with Crippen molar-refractivity contribution in [2.45, 2.75) is 51.1 Å². The van der Waals surface area contributed by atoms with Gasteiger partial charge in [0.2, 0.25) is 0 Å². The summed E-state index contributed by atoms with van der Waals surface area (Å²) >= 11 is 0. The number of hydrogen-bond acceptors (Lipinski definition) is 3. The molecule has 5 rings (SSSR count). The van der Waals surface area contributed by atoms with Gasteiger partial charge in [-0.15, -0.1) is 0 Å². The van der Waals surface area contributed by atoms with E-state index in [4.69, 9.17) is 9.40 Å². The number of oxazole rings is 1. The van der Waals surface area contributed by atoms with Gasteiger partial charge in [0.1, 0.15) is 6.26 Å². The van der Waals surface area contributed by atoms with E-state index in [0.717, 1.165) is 5.84 Å². The molecule has 1 spiro atoms. The minimum absolute atomic E-state index is 0.0371. The van der Waals surface area contributed by atoms with Gasteiger partial charge in [0.25, 0.3) is 0 Å². The van der Waals surface area contributed by atoms with E-state index in [1.807, 2.05) is 6.20 Å². The molecule has 4 heteroatoms. The number of fused-ring (bicyclic) bond motifs is 4. The third-order valence-corrected chi connectivity index (χ3v) is 5.79. The minimum atomic E-state index is 0.0371. The normalized spacial score (nSPS) is 22.3. The first kappa shape index (κ1) is 13.2. The molecular formula is C19H21N3O. The second kappa shape index (κ2) is 4.40. The molecule has 118 valence electrons. The number of aromatic nitrogens is 2. The van der Waals surface area contributed by atoms with Gasteiger partial charge in [-0.05, 0) is 38.3 Å². The third kappa shape index (κ3) is 1.54. The predicted molar refractivity (Wildman–Crippen MR) is 89.7 cm³/mol. The fraction of sp³-hybridized carbons (Fsp3) is 0.421. The van der Waals surface area contributed by atoms with Crippen LogP contribution in [-0.4, -0.2) is 9.38 Å². The summed E-state index contributed by atoms with van der Waals surface area (Å²) in [6.07, 6.45) is 8.63. The Hall–Kier alpha value is -2.23. The van der Waals surface area contributed by atoms with Crippen molar-refractivity contribution in [3.8, 4) is 0 Å². The first-order valence-corrected chi connectivity index (χ1v) is 8.53. The molecule has 4 nitrogen and oxygen atoms in total. The van der Waals surface area contributed by atoms with Gasteiger partial charge in [-0.2, -0.15) is 4.98 Å². The number of nitrogens with zero attached hydrogens (tertiary/aromatic N) is 3. The van der Waals surface area contributed by atoms with Gasteiger partial charge in [0, 0.05) is 11.9 Å². The van der Waals surface area contributed by atoms with Crippen molar-refractivity contribution in [2.75, 3.05) is 4.90 Å². The zero-order chi connectivity index (χ0) is 15.6. The number of anilines is 1. The van der Waals surface area contributed by atoms with E-state index in [-0.39, 0.29) is 5.54 Å². The average molecular weight is 307 g/mol. The first-order valence-electron chi connectivity index (χ1n) is 8.53. The highest BCUT2D eigenvalue weighted by Gasteiger charge is 2.53.